The second-order valence-electron chi connectivity index (χ2n) is 2.24. The molecule has 10 heavy (non-hydrogen) atoms. The van der Waals surface area contributed by atoms with Crippen molar-refractivity contribution in [1.82, 2.24) is 0 Å². The average Bonchev–Trinajstić information content (AvgIpc) is 2.05. The maximum Gasteiger partial charge on any atom is 0.213 e. The molecule has 0 aromatic carbocycles. The Hall–Kier alpha value is -0.990. The highest BCUT2D eigenvalue weighted by Gasteiger charge is 2.06. The van der Waals surface area contributed by atoms with Crippen molar-refractivity contribution in [3.05, 3.63) is 11.8 Å². The summed E-state index contributed by atoms with van der Waals surface area (Å²) < 4.78 is 5.23. The summed E-state index contributed by atoms with van der Waals surface area (Å²) in [6, 6.07) is 0. The Bertz CT molecular complexity index is 172. The first-order chi connectivity index (χ1) is 4.84. The molecule has 3 heteroatoms. The van der Waals surface area contributed by atoms with Gasteiger partial charge in [-0.1, -0.05) is 0 Å². The van der Waals surface area contributed by atoms with Crippen LogP contribution in [0, 0.1) is 0 Å². The van der Waals surface area contributed by atoms with E-state index in [9.17, 15) is 0 Å². The van der Waals surface area contributed by atoms with Crippen LogP contribution in [0.1, 0.15) is 13.3 Å². The molecule has 0 aromatic rings. The summed E-state index contributed by atoms with van der Waals surface area (Å²) in [5.41, 5.74) is 6.20. The molecule has 0 saturated heterocycles. The molecular formula is C7H12N2O. The standard InChI is InChI=1S/C7H12N2O/c1-6(5-8)7-9-3-2-4-10-7/h5H,2-4,8H2,1H3. The van der Waals surface area contributed by atoms with E-state index in [1.54, 1.807) is 0 Å². The smallest absolute Gasteiger partial charge is 0.213 e. The molecule has 0 unspecified atom stereocenters. The van der Waals surface area contributed by atoms with Gasteiger partial charge in [0.05, 0.1) is 6.61 Å². The molecule has 1 heterocycles. The van der Waals surface area contributed by atoms with Gasteiger partial charge in [-0.3, -0.25) is 4.99 Å². The summed E-state index contributed by atoms with van der Waals surface area (Å²) in [5.74, 6) is 0.703. The number of ether oxygens (including phenoxy) is 1. The molecule has 0 aliphatic carbocycles. The minimum atomic E-state index is 0.703. The molecule has 1 aliphatic heterocycles. The van der Waals surface area contributed by atoms with Crippen LogP contribution in [0.3, 0.4) is 0 Å². The molecule has 0 fully saturated rings. The average molecular weight is 140 g/mol. The highest BCUT2D eigenvalue weighted by atomic mass is 16.5. The van der Waals surface area contributed by atoms with E-state index in [1.807, 2.05) is 6.92 Å². The molecule has 0 amide bonds. The van der Waals surface area contributed by atoms with Crippen molar-refractivity contribution in [2.75, 3.05) is 13.2 Å². The van der Waals surface area contributed by atoms with E-state index in [0.29, 0.717) is 5.90 Å². The van der Waals surface area contributed by atoms with Gasteiger partial charge in [-0.15, -0.1) is 0 Å². The Kier molecular flexibility index (Phi) is 2.31. The van der Waals surface area contributed by atoms with Crippen LogP contribution in [-0.4, -0.2) is 19.0 Å². The molecule has 1 aliphatic rings. The summed E-state index contributed by atoms with van der Waals surface area (Å²) in [4.78, 5) is 4.15. The van der Waals surface area contributed by atoms with E-state index in [4.69, 9.17) is 10.5 Å². The molecule has 56 valence electrons. The Balaban J connectivity index is 2.62. The van der Waals surface area contributed by atoms with Crippen molar-refractivity contribution >= 4 is 5.90 Å². The third kappa shape index (κ3) is 1.50. The lowest BCUT2D eigenvalue weighted by Gasteiger charge is -2.13. The van der Waals surface area contributed by atoms with Gasteiger partial charge < -0.3 is 10.5 Å². The van der Waals surface area contributed by atoms with Crippen LogP contribution in [0.2, 0.25) is 0 Å². The van der Waals surface area contributed by atoms with Crippen LogP contribution in [0.15, 0.2) is 16.8 Å². The van der Waals surface area contributed by atoms with E-state index >= 15 is 0 Å². The van der Waals surface area contributed by atoms with Gasteiger partial charge in [0.15, 0.2) is 0 Å². The normalized spacial score (nSPS) is 19.7. The van der Waals surface area contributed by atoms with Gasteiger partial charge in [-0.25, -0.2) is 0 Å². The molecule has 0 saturated carbocycles. The quantitative estimate of drug-likeness (QED) is 0.581. The molecule has 0 atom stereocenters. The SMILES string of the molecule is CC(=CN)C1=NCCCO1. The first kappa shape index (κ1) is 7.12. The highest BCUT2D eigenvalue weighted by molar-refractivity contribution is 5.93. The zero-order chi connectivity index (χ0) is 7.40. The summed E-state index contributed by atoms with van der Waals surface area (Å²) in [6.07, 6.45) is 2.53. The van der Waals surface area contributed by atoms with E-state index < -0.39 is 0 Å². The lowest BCUT2D eigenvalue weighted by Crippen LogP contribution is -2.15. The fraction of sp³-hybridized carbons (Fsp3) is 0.571. The van der Waals surface area contributed by atoms with E-state index in [0.717, 1.165) is 25.1 Å². The lowest BCUT2D eigenvalue weighted by atomic mass is 10.3. The van der Waals surface area contributed by atoms with Gasteiger partial charge in [-0.2, -0.15) is 0 Å². The van der Waals surface area contributed by atoms with Gasteiger partial charge in [0.2, 0.25) is 5.90 Å². The van der Waals surface area contributed by atoms with Gasteiger partial charge in [0.25, 0.3) is 0 Å². The molecule has 3 nitrogen and oxygen atoms in total. The highest BCUT2D eigenvalue weighted by Crippen LogP contribution is 2.03. The van der Waals surface area contributed by atoms with E-state index in [2.05, 4.69) is 4.99 Å². The van der Waals surface area contributed by atoms with Gasteiger partial charge in [0.1, 0.15) is 0 Å². The van der Waals surface area contributed by atoms with Crippen LogP contribution in [0.4, 0.5) is 0 Å². The van der Waals surface area contributed by atoms with Gasteiger partial charge >= 0.3 is 0 Å². The molecule has 0 aromatic heterocycles. The minimum absolute atomic E-state index is 0.703. The Morgan fingerprint density at radius 2 is 2.60 bits per heavy atom. The topological polar surface area (TPSA) is 47.6 Å². The third-order valence-electron chi connectivity index (χ3n) is 1.38. The predicted molar refractivity (Wildman–Crippen MR) is 40.8 cm³/mol. The first-order valence-corrected chi connectivity index (χ1v) is 3.40. The summed E-state index contributed by atoms with van der Waals surface area (Å²) in [6.45, 7) is 3.52. The van der Waals surface area contributed by atoms with Crippen LogP contribution >= 0.6 is 0 Å². The number of aliphatic imine (C=N–C) groups is 1. The number of rotatable bonds is 1. The maximum atomic E-state index is 5.28. The molecular weight excluding hydrogens is 128 g/mol. The zero-order valence-electron chi connectivity index (χ0n) is 6.13. The Labute approximate surface area is 60.6 Å². The second-order valence-corrected chi connectivity index (χ2v) is 2.24. The number of nitrogens with zero attached hydrogens (tertiary/aromatic N) is 1. The Morgan fingerprint density at radius 1 is 1.80 bits per heavy atom. The second kappa shape index (κ2) is 3.25. The molecule has 0 bridgehead atoms. The van der Waals surface area contributed by atoms with Crippen molar-refractivity contribution in [3.63, 3.8) is 0 Å². The summed E-state index contributed by atoms with van der Waals surface area (Å²) in [5, 5.41) is 0. The van der Waals surface area contributed by atoms with Crippen molar-refractivity contribution in [1.29, 1.82) is 0 Å². The van der Waals surface area contributed by atoms with E-state index in [-0.39, 0.29) is 0 Å². The van der Waals surface area contributed by atoms with Crippen LogP contribution in [-0.2, 0) is 4.74 Å². The van der Waals surface area contributed by atoms with Crippen molar-refractivity contribution in [3.8, 4) is 0 Å². The molecule has 1 rings (SSSR count). The van der Waals surface area contributed by atoms with E-state index in [1.165, 1.54) is 6.20 Å². The van der Waals surface area contributed by atoms with Crippen LogP contribution in [0.5, 0.6) is 0 Å². The fourth-order valence-corrected chi connectivity index (χ4v) is 0.769. The van der Waals surface area contributed by atoms with Crippen LogP contribution in [0.25, 0.3) is 0 Å². The summed E-state index contributed by atoms with van der Waals surface area (Å²) in [7, 11) is 0. The number of hydrogen-bond donors (Lipinski definition) is 1. The van der Waals surface area contributed by atoms with Crippen LogP contribution < -0.4 is 5.73 Å². The molecule has 0 radical (unpaired) electrons. The zero-order valence-corrected chi connectivity index (χ0v) is 6.13. The van der Waals surface area contributed by atoms with Crippen molar-refractivity contribution in [2.45, 2.75) is 13.3 Å². The van der Waals surface area contributed by atoms with Crippen molar-refractivity contribution < 1.29 is 4.74 Å². The molecule has 2 N–H and O–H groups in total. The fourth-order valence-electron chi connectivity index (χ4n) is 0.769. The van der Waals surface area contributed by atoms with Crippen molar-refractivity contribution in [2.24, 2.45) is 10.7 Å². The minimum Gasteiger partial charge on any atom is -0.478 e. The van der Waals surface area contributed by atoms with Gasteiger partial charge in [0, 0.05) is 24.7 Å². The largest absolute Gasteiger partial charge is 0.478 e. The first-order valence-electron chi connectivity index (χ1n) is 3.40. The maximum absolute atomic E-state index is 5.28. The summed E-state index contributed by atoms with van der Waals surface area (Å²) >= 11 is 0. The monoisotopic (exact) mass is 140 g/mol. The Morgan fingerprint density at radius 3 is 3.10 bits per heavy atom. The number of nitrogens with two attached hydrogens (primary N) is 1. The van der Waals surface area contributed by atoms with Gasteiger partial charge in [-0.05, 0) is 6.92 Å². The third-order valence-corrected chi connectivity index (χ3v) is 1.38. The molecule has 0 spiro atoms. The number of hydrogen-bond acceptors (Lipinski definition) is 3. The predicted octanol–water partition coefficient (Wildman–Crippen LogP) is 0.668. The lowest BCUT2D eigenvalue weighted by molar-refractivity contribution is 0.283.